The van der Waals surface area contributed by atoms with Crippen LogP contribution in [0.15, 0.2) is 24.3 Å². The maximum absolute atomic E-state index is 11.9. The Hall–Kier alpha value is -0.660. The lowest BCUT2D eigenvalue weighted by molar-refractivity contribution is -0.117. The minimum Gasteiger partial charge on any atom is -0.325 e. The van der Waals surface area contributed by atoms with Gasteiger partial charge in [-0.3, -0.25) is 9.69 Å². The van der Waals surface area contributed by atoms with Crippen molar-refractivity contribution in [3.05, 3.63) is 27.8 Å². The first-order chi connectivity index (χ1) is 8.63. The number of benzene rings is 1. The zero-order valence-corrected chi connectivity index (χ0v) is 12.7. The number of halogens is 1. The van der Waals surface area contributed by atoms with Crippen LogP contribution in [0, 0.1) is 3.57 Å². The van der Waals surface area contributed by atoms with Gasteiger partial charge in [-0.25, -0.2) is 0 Å². The minimum absolute atomic E-state index is 0.0709. The summed E-state index contributed by atoms with van der Waals surface area (Å²) in [5, 5.41) is 2.94. The van der Waals surface area contributed by atoms with Gasteiger partial charge < -0.3 is 10.2 Å². The summed E-state index contributed by atoms with van der Waals surface area (Å²) in [6, 6.07) is 7.86. The van der Waals surface area contributed by atoms with Crippen LogP contribution in [-0.2, 0) is 4.79 Å². The maximum atomic E-state index is 11.9. The molecule has 0 atom stereocenters. The van der Waals surface area contributed by atoms with Crippen LogP contribution >= 0.6 is 22.6 Å². The van der Waals surface area contributed by atoms with E-state index in [9.17, 15) is 4.79 Å². The molecule has 5 heteroatoms. The number of likely N-dealkylation sites (N-methyl/N-ethyl adjacent to an activating group) is 1. The van der Waals surface area contributed by atoms with E-state index in [1.165, 1.54) is 0 Å². The zero-order chi connectivity index (χ0) is 13.0. The van der Waals surface area contributed by atoms with Gasteiger partial charge in [-0.05, 0) is 47.8 Å². The van der Waals surface area contributed by atoms with E-state index in [-0.39, 0.29) is 5.91 Å². The SMILES string of the molecule is CN1CCN(CC(=O)Nc2cccc(I)c2)CC1. The topological polar surface area (TPSA) is 35.6 Å². The second-order valence-corrected chi connectivity index (χ2v) is 5.88. The van der Waals surface area contributed by atoms with Crippen molar-refractivity contribution >= 4 is 34.2 Å². The molecule has 18 heavy (non-hydrogen) atoms. The van der Waals surface area contributed by atoms with Crippen molar-refractivity contribution in [2.45, 2.75) is 0 Å². The molecule has 0 aliphatic carbocycles. The van der Waals surface area contributed by atoms with Crippen molar-refractivity contribution in [2.75, 3.05) is 45.1 Å². The molecular weight excluding hydrogens is 341 g/mol. The first-order valence-corrected chi connectivity index (χ1v) is 7.18. The lowest BCUT2D eigenvalue weighted by atomic mass is 10.3. The molecule has 0 aromatic heterocycles. The average molecular weight is 359 g/mol. The van der Waals surface area contributed by atoms with Crippen molar-refractivity contribution in [1.29, 1.82) is 0 Å². The molecule has 0 unspecified atom stereocenters. The number of carbonyl (C=O) groups excluding carboxylic acids is 1. The molecule has 1 aliphatic rings. The zero-order valence-electron chi connectivity index (χ0n) is 10.5. The number of amides is 1. The number of nitrogens with zero attached hydrogens (tertiary/aromatic N) is 2. The van der Waals surface area contributed by atoms with Crippen LogP contribution in [0.3, 0.4) is 0 Å². The van der Waals surface area contributed by atoms with Gasteiger partial charge >= 0.3 is 0 Å². The van der Waals surface area contributed by atoms with Crippen molar-refractivity contribution in [2.24, 2.45) is 0 Å². The summed E-state index contributed by atoms with van der Waals surface area (Å²) in [7, 11) is 2.11. The largest absolute Gasteiger partial charge is 0.325 e. The standard InChI is InChI=1S/C13H18IN3O/c1-16-5-7-17(8-6-16)10-13(18)15-12-4-2-3-11(14)9-12/h2-4,9H,5-8,10H2,1H3,(H,15,18). The van der Waals surface area contributed by atoms with Crippen LogP contribution in [0.5, 0.6) is 0 Å². The Morgan fingerprint density at radius 3 is 2.72 bits per heavy atom. The molecule has 2 rings (SSSR count). The number of rotatable bonds is 3. The third kappa shape index (κ3) is 4.22. The van der Waals surface area contributed by atoms with E-state index >= 15 is 0 Å². The summed E-state index contributed by atoms with van der Waals surface area (Å²) < 4.78 is 1.13. The first kappa shape index (κ1) is 13.8. The Bertz CT molecular complexity index is 416. The number of nitrogens with one attached hydrogen (secondary N) is 1. The van der Waals surface area contributed by atoms with Gasteiger partial charge in [0.25, 0.3) is 0 Å². The number of anilines is 1. The van der Waals surface area contributed by atoms with Gasteiger partial charge in [-0.15, -0.1) is 0 Å². The lowest BCUT2D eigenvalue weighted by Gasteiger charge is -2.31. The molecule has 1 aliphatic heterocycles. The highest BCUT2D eigenvalue weighted by Gasteiger charge is 2.16. The quantitative estimate of drug-likeness (QED) is 0.831. The van der Waals surface area contributed by atoms with Crippen molar-refractivity contribution in [3.63, 3.8) is 0 Å². The molecule has 1 N–H and O–H groups in total. The second kappa shape index (κ2) is 6.49. The summed E-state index contributed by atoms with van der Waals surface area (Å²) in [6.07, 6.45) is 0. The third-order valence-corrected chi connectivity index (χ3v) is 3.74. The Morgan fingerprint density at radius 1 is 1.33 bits per heavy atom. The van der Waals surface area contributed by atoms with Crippen molar-refractivity contribution in [1.82, 2.24) is 9.80 Å². The molecule has 0 bridgehead atoms. The van der Waals surface area contributed by atoms with E-state index in [0.717, 1.165) is 35.4 Å². The van der Waals surface area contributed by atoms with Gasteiger partial charge in [-0.2, -0.15) is 0 Å². The third-order valence-electron chi connectivity index (χ3n) is 3.07. The molecule has 1 fully saturated rings. The number of carbonyl (C=O) groups is 1. The van der Waals surface area contributed by atoms with Crippen LogP contribution in [-0.4, -0.2) is 55.5 Å². The van der Waals surface area contributed by atoms with Gasteiger partial charge in [0.2, 0.25) is 5.91 Å². The van der Waals surface area contributed by atoms with Crippen LogP contribution in [0.25, 0.3) is 0 Å². The summed E-state index contributed by atoms with van der Waals surface area (Å²) >= 11 is 2.24. The summed E-state index contributed by atoms with van der Waals surface area (Å²) in [5.41, 5.74) is 0.876. The average Bonchev–Trinajstić information content (AvgIpc) is 2.32. The molecule has 98 valence electrons. The molecule has 1 amide bonds. The fourth-order valence-electron chi connectivity index (χ4n) is 1.98. The fraction of sp³-hybridized carbons (Fsp3) is 0.462. The van der Waals surface area contributed by atoms with Crippen LogP contribution in [0.1, 0.15) is 0 Å². The number of hydrogen-bond acceptors (Lipinski definition) is 3. The van der Waals surface area contributed by atoms with E-state index in [2.05, 4.69) is 44.8 Å². The van der Waals surface area contributed by atoms with E-state index in [1.807, 2.05) is 24.3 Å². The fourth-order valence-corrected chi connectivity index (χ4v) is 2.52. The van der Waals surface area contributed by atoms with Crippen LogP contribution < -0.4 is 5.32 Å². The molecule has 1 saturated heterocycles. The van der Waals surface area contributed by atoms with Gasteiger partial charge in [0.15, 0.2) is 0 Å². The van der Waals surface area contributed by atoms with Crippen molar-refractivity contribution in [3.8, 4) is 0 Å². The first-order valence-electron chi connectivity index (χ1n) is 6.10. The summed E-state index contributed by atoms with van der Waals surface area (Å²) in [5.74, 6) is 0.0709. The van der Waals surface area contributed by atoms with Gasteiger partial charge in [0.1, 0.15) is 0 Å². The molecule has 1 aromatic carbocycles. The second-order valence-electron chi connectivity index (χ2n) is 4.64. The van der Waals surface area contributed by atoms with Gasteiger partial charge in [0.05, 0.1) is 6.54 Å². The Balaban J connectivity index is 1.82. The number of hydrogen-bond donors (Lipinski definition) is 1. The molecule has 4 nitrogen and oxygen atoms in total. The Kier molecular flexibility index (Phi) is 4.96. The van der Waals surface area contributed by atoms with E-state index in [4.69, 9.17) is 0 Å². The molecule has 0 spiro atoms. The molecule has 0 saturated carbocycles. The van der Waals surface area contributed by atoms with Gasteiger partial charge in [0, 0.05) is 35.4 Å². The van der Waals surface area contributed by atoms with E-state index in [0.29, 0.717) is 6.54 Å². The summed E-state index contributed by atoms with van der Waals surface area (Å²) in [4.78, 5) is 16.4. The highest BCUT2D eigenvalue weighted by molar-refractivity contribution is 14.1. The van der Waals surface area contributed by atoms with Gasteiger partial charge in [-0.1, -0.05) is 6.07 Å². The molecular formula is C13H18IN3O. The normalized spacial score (nSPS) is 17.7. The molecule has 0 radical (unpaired) electrons. The highest BCUT2D eigenvalue weighted by atomic mass is 127. The van der Waals surface area contributed by atoms with Crippen LogP contribution in [0.4, 0.5) is 5.69 Å². The van der Waals surface area contributed by atoms with Crippen LogP contribution in [0.2, 0.25) is 0 Å². The highest BCUT2D eigenvalue weighted by Crippen LogP contribution is 2.12. The Morgan fingerprint density at radius 2 is 2.06 bits per heavy atom. The minimum atomic E-state index is 0.0709. The monoisotopic (exact) mass is 359 g/mol. The predicted molar refractivity (Wildman–Crippen MR) is 81.7 cm³/mol. The maximum Gasteiger partial charge on any atom is 0.238 e. The molecule has 1 heterocycles. The smallest absolute Gasteiger partial charge is 0.238 e. The van der Waals surface area contributed by atoms with E-state index < -0.39 is 0 Å². The van der Waals surface area contributed by atoms with E-state index in [1.54, 1.807) is 0 Å². The van der Waals surface area contributed by atoms with Crippen molar-refractivity contribution < 1.29 is 4.79 Å². The Labute approximate surface area is 121 Å². The lowest BCUT2D eigenvalue weighted by Crippen LogP contribution is -2.47. The molecule has 1 aromatic rings. The predicted octanol–water partition coefficient (Wildman–Crippen LogP) is 1.48. The summed E-state index contributed by atoms with van der Waals surface area (Å²) in [6.45, 7) is 4.50. The number of piperazine rings is 1.